The minimum absolute atomic E-state index is 0.0873. The van der Waals surface area contributed by atoms with Crippen molar-refractivity contribution in [3.8, 4) is 23.0 Å². The second-order valence-electron chi connectivity index (χ2n) is 7.06. The van der Waals surface area contributed by atoms with Gasteiger partial charge in [-0.25, -0.2) is 0 Å². The molecule has 3 aromatic rings. The first kappa shape index (κ1) is 18.2. The summed E-state index contributed by atoms with van der Waals surface area (Å²) in [6, 6.07) is 21.2. The second-order valence-corrected chi connectivity index (χ2v) is 7.06. The summed E-state index contributed by atoms with van der Waals surface area (Å²) < 4.78 is 22.5. The van der Waals surface area contributed by atoms with Gasteiger partial charge in [0.1, 0.15) is 0 Å². The van der Waals surface area contributed by atoms with E-state index in [2.05, 4.69) is 0 Å². The molecule has 30 heavy (non-hydrogen) atoms. The lowest BCUT2D eigenvalue weighted by atomic mass is 10.0. The van der Waals surface area contributed by atoms with E-state index in [0.29, 0.717) is 34.1 Å². The molecule has 6 nitrogen and oxygen atoms in total. The summed E-state index contributed by atoms with van der Waals surface area (Å²) >= 11 is 0. The van der Waals surface area contributed by atoms with Crippen molar-refractivity contribution in [3.63, 3.8) is 0 Å². The number of hydrogen-bond donors (Lipinski definition) is 0. The third kappa shape index (κ3) is 3.59. The molecule has 0 bridgehead atoms. The molecule has 0 saturated carbocycles. The molecule has 2 aliphatic heterocycles. The largest absolute Gasteiger partial charge is 0.451 e. The molecule has 5 rings (SSSR count). The van der Waals surface area contributed by atoms with Crippen LogP contribution in [0.3, 0.4) is 0 Å². The van der Waals surface area contributed by atoms with Crippen LogP contribution in [0.4, 0.5) is 0 Å². The minimum atomic E-state index is -0.644. The van der Waals surface area contributed by atoms with Gasteiger partial charge in [0.15, 0.2) is 34.6 Å². The Morgan fingerprint density at radius 1 is 0.533 bits per heavy atom. The maximum Gasteiger partial charge on any atom is 0.248 e. The number of ether oxygens (including phenoxy) is 4. The van der Waals surface area contributed by atoms with Crippen LogP contribution in [0.1, 0.15) is 33.6 Å². The molecule has 0 amide bonds. The molecular weight excluding hydrogens is 384 g/mol. The number of para-hydroxylation sites is 4. The average molecular weight is 402 g/mol. The van der Waals surface area contributed by atoms with E-state index in [-0.39, 0.29) is 24.4 Å². The molecule has 150 valence electrons. The van der Waals surface area contributed by atoms with E-state index < -0.39 is 12.6 Å². The Labute approximate surface area is 173 Å². The molecule has 0 radical (unpaired) electrons. The number of Topliss-reactive ketones (excluding diaryl/α,β-unsaturated/α-hetero) is 2. The van der Waals surface area contributed by atoms with Crippen molar-refractivity contribution in [1.29, 1.82) is 0 Å². The zero-order valence-corrected chi connectivity index (χ0v) is 15.9. The SMILES string of the molecule is O=C(CC1Oc2ccccc2O1)c1ccc(C(=O)CC2Oc3ccccc3O2)cc1. The van der Waals surface area contributed by atoms with Crippen LogP contribution in [-0.2, 0) is 0 Å². The van der Waals surface area contributed by atoms with Gasteiger partial charge < -0.3 is 18.9 Å². The van der Waals surface area contributed by atoms with Gasteiger partial charge in [0.05, 0.1) is 12.8 Å². The summed E-state index contributed by atoms with van der Waals surface area (Å²) in [6.07, 6.45) is -1.11. The number of fused-ring (bicyclic) bond motifs is 2. The van der Waals surface area contributed by atoms with Crippen molar-refractivity contribution in [2.75, 3.05) is 0 Å². The second kappa shape index (κ2) is 7.55. The van der Waals surface area contributed by atoms with Crippen LogP contribution < -0.4 is 18.9 Å². The molecule has 2 aliphatic rings. The lowest BCUT2D eigenvalue weighted by Crippen LogP contribution is -2.23. The van der Waals surface area contributed by atoms with Crippen molar-refractivity contribution in [3.05, 3.63) is 83.9 Å². The van der Waals surface area contributed by atoms with Crippen molar-refractivity contribution in [1.82, 2.24) is 0 Å². The fourth-order valence-corrected chi connectivity index (χ4v) is 3.45. The molecule has 0 unspecified atom stereocenters. The maximum absolute atomic E-state index is 12.6. The molecule has 0 saturated heterocycles. The first-order valence-corrected chi connectivity index (χ1v) is 9.67. The Bertz CT molecular complexity index is 966. The number of ketones is 2. The summed E-state index contributed by atoms with van der Waals surface area (Å²) in [7, 11) is 0. The molecule has 2 heterocycles. The predicted octanol–water partition coefficient (Wildman–Crippen LogP) is 4.43. The van der Waals surface area contributed by atoms with Gasteiger partial charge in [-0.1, -0.05) is 48.5 Å². The van der Waals surface area contributed by atoms with E-state index in [1.165, 1.54) is 0 Å². The van der Waals surface area contributed by atoms with Crippen molar-refractivity contribution in [2.24, 2.45) is 0 Å². The molecule has 0 atom stereocenters. The highest BCUT2D eigenvalue weighted by Crippen LogP contribution is 2.36. The Kier molecular flexibility index (Phi) is 4.59. The fraction of sp³-hybridized carbons (Fsp3) is 0.167. The first-order valence-electron chi connectivity index (χ1n) is 9.67. The summed E-state index contributed by atoms with van der Waals surface area (Å²) in [5.74, 6) is 2.29. The van der Waals surface area contributed by atoms with Gasteiger partial charge >= 0.3 is 0 Å². The molecule has 0 aliphatic carbocycles. The molecule has 0 fully saturated rings. The third-order valence-corrected chi connectivity index (χ3v) is 4.96. The van der Waals surface area contributed by atoms with Crippen LogP contribution >= 0.6 is 0 Å². The lowest BCUT2D eigenvalue weighted by Gasteiger charge is -2.11. The van der Waals surface area contributed by atoms with E-state index in [1.807, 2.05) is 24.3 Å². The van der Waals surface area contributed by atoms with E-state index >= 15 is 0 Å². The topological polar surface area (TPSA) is 71.1 Å². The zero-order chi connectivity index (χ0) is 20.5. The Morgan fingerprint density at radius 2 is 0.833 bits per heavy atom. The standard InChI is InChI=1S/C24H18O6/c25-17(13-23-27-19-5-1-2-6-20(19)28-23)15-9-11-16(12-10-15)18(26)14-24-29-21-7-3-4-8-22(21)30-24/h1-12,23-24H,13-14H2. The zero-order valence-electron chi connectivity index (χ0n) is 15.9. The van der Waals surface area contributed by atoms with Crippen LogP contribution in [0, 0.1) is 0 Å². The summed E-state index contributed by atoms with van der Waals surface area (Å²) in [6.45, 7) is 0. The summed E-state index contributed by atoms with van der Waals surface area (Å²) in [4.78, 5) is 25.1. The maximum atomic E-state index is 12.6. The molecule has 0 spiro atoms. The predicted molar refractivity (Wildman–Crippen MR) is 107 cm³/mol. The third-order valence-electron chi connectivity index (χ3n) is 4.96. The van der Waals surface area contributed by atoms with Crippen LogP contribution in [0.5, 0.6) is 23.0 Å². The van der Waals surface area contributed by atoms with Crippen LogP contribution in [0.15, 0.2) is 72.8 Å². The van der Waals surface area contributed by atoms with Gasteiger partial charge in [0.25, 0.3) is 0 Å². The van der Waals surface area contributed by atoms with E-state index in [9.17, 15) is 9.59 Å². The number of carbonyl (C=O) groups excluding carboxylic acids is 2. The first-order chi connectivity index (χ1) is 14.7. The molecule has 3 aromatic carbocycles. The number of carbonyl (C=O) groups is 2. The Hall–Kier alpha value is -3.80. The van der Waals surface area contributed by atoms with Crippen LogP contribution in [0.2, 0.25) is 0 Å². The highest BCUT2D eigenvalue weighted by molar-refractivity contribution is 5.99. The minimum Gasteiger partial charge on any atom is -0.451 e. The van der Waals surface area contributed by atoms with E-state index in [1.54, 1.807) is 48.5 Å². The van der Waals surface area contributed by atoms with Gasteiger partial charge in [-0.15, -0.1) is 0 Å². The number of benzene rings is 3. The van der Waals surface area contributed by atoms with Gasteiger partial charge in [-0.2, -0.15) is 0 Å². The van der Waals surface area contributed by atoms with Crippen molar-refractivity contribution < 1.29 is 28.5 Å². The van der Waals surface area contributed by atoms with Gasteiger partial charge in [0, 0.05) is 11.1 Å². The summed E-state index contributed by atoms with van der Waals surface area (Å²) in [5, 5.41) is 0. The Morgan fingerprint density at radius 3 is 1.13 bits per heavy atom. The quantitative estimate of drug-likeness (QED) is 0.568. The fourth-order valence-electron chi connectivity index (χ4n) is 3.45. The number of rotatable bonds is 6. The van der Waals surface area contributed by atoms with Gasteiger partial charge in [0.2, 0.25) is 12.6 Å². The molecule has 0 aromatic heterocycles. The van der Waals surface area contributed by atoms with Crippen LogP contribution in [-0.4, -0.2) is 24.1 Å². The summed E-state index contributed by atoms with van der Waals surface area (Å²) in [5.41, 5.74) is 0.992. The average Bonchev–Trinajstić information content (AvgIpc) is 3.36. The van der Waals surface area contributed by atoms with Crippen molar-refractivity contribution in [2.45, 2.75) is 25.4 Å². The van der Waals surface area contributed by atoms with E-state index in [4.69, 9.17) is 18.9 Å². The van der Waals surface area contributed by atoms with E-state index in [0.717, 1.165) is 0 Å². The Balaban J connectivity index is 1.17. The normalized spacial score (nSPS) is 14.7. The van der Waals surface area contributed by atoms with Crippen molar-refractivity contribution >= 4 is 11.6 Å². The van der Waals surface area contributed by atoms with Gasteiger partial charge in [-0.3, -0.25) is 9.59 Å². The highest BCUT2D eigenvalue weighted by atomic mass is 16.7. The monoisotopic (exact) mass is 402 g/mol. The lowest BCUT2D eigenvalue weighted by molar-refractivity contribution is 0.0381. The molecular formula is C24H18O6. The smallest absolute Gasteiger partial charge is 0.248 e. The molecule has 6 heteroatoms. The molecule has 0 N–H and O–H groups in total. The number of hydrogen-bond acceptors (Lipinski definition) is 6. The van der Waals surface area contributed by atoms with Gasteiger partial charge in [-0.05, 0) is 24.3 Å². The highest BCUT2D eigenvalue weighted by Gasteiger charge is 2.28. The van der Waals surface area contributed by atoms with Crippen LogP contribution in [0.25, 0.3) is 0 Å².